The summed E-state index contributed by atoms with van der Waals surface area (Å²) < 4.78 is 25.5. The number of benzene rings is 1. The highest BCUT2D eigenvalue weighted by Crippen LogP contribution is 2.36. The molecule has 0 aliphatic rings. The molecule has 1 aromatic heterocycles. The van der Waals surface area contributed by atoms with Crippen molar-refractivity contribution in [3.05, 3.63) is 39.2 Å². The van der Waals surface area contributed by atoms with E-state index in [0.29, 0.717) is 0 Å². The van der Waals surface area contributed by atoms with Gasteiger partial charge < -0.3 is 23.7 Å². The number of hydrogen-bond acceptors (Lipinski definition) is 12. The summed E-state index contributed by atoms with van der Waals surface area (Å²) in [4.78, 5) is 50.0. The fourth-order valence-electron chi connectivity index (χ4n) is 3.02. The summed E-state index contributed by atoms with van der Waals surface area (Å²) in [6.45, 7) is 8.13. The van der Waals surface area contributed by atoms with Crippen molar-refractivity contribution in [1.29, 1.82) is 0 Å². The van der Waals surface area contributed by atoms with Crippen molar-refractivity contribution in [3.63, 3.8) is 0 Å². The van der Waals surface area contributed by atoms with E-state index in [9.17, 15) is 24.5 Å². The molecular weight excluding hydrogens is 480 g/mol. The molecule has 0 radical (unpaired) electrons. The number of carbonyl (C=O) groups is 3. The Morgan fingerprint density at radius 2 is 1.58 bits per heavy atom. The van der Waals surface area contributed by atoms with Gasteiger partial charge in [0, 0.05) is 12.0 Å². The lowest BCUT2D eigenvalue weighted by Crippen LogP contribution is -2.26. The first-order chi connectivity index (χ1) is 16.9. The number of nitro groups is 1. The molecule has 14 nitrogen and oxygen atoms in total. The summed E-state index contributed by atoms with van der Waals surface area (Å²) in [6.07, 6.45) is -2.65. The van der Waals surface area contributed by atoms with Gasteiger partial charge in [-0.25, -0.2) is 9.59 Å². The zero-order valence-corrected chi connectivity index (χ0v) is 21.0. The third-order valence-electron chi connectivity index (χ3n) is 4.60. The van der Waals surface area contributed by atoms with Crippen LogP contribution in [0.3, 0.4) is 0 Å². The van der Waals surface area contributed by atoms with Gasteiger partial charge in [0.15, 0.2) is 17.2 Å². The van der Waals surface area contributed by atoms with Gasteiger partial charge in [-0.1, -0.05) is 13.8 Å². The molecule has 0 N–H and O–H groups in total. The second kappa shape index (κ2) is 12.0. The monoisotopic (exact) mass is 508 g/mol. The van der Waals surface area contributed by atoms with E-state index in [1.165, 1.54) is 14.2 Å². The molecule has 36 heavy (non-hydrogen) atoms. The van der Waals surface area contributed by atoms with Crippen LogP contribution in [-0.4, -0.2) is 64.8 Å². The topological polar surface area (TPSA) is 171 Å². The van der Waals surface area contributed by atoms with Crippen molar-refractivity contribution < 1.29 is 43.0 Å². The number of methoxy groups -OCH3 is 2. The van der Waals surface area contributed by atoms with E-state index in [-0.39, 0.29) is 18.1 Å². The third kappa shape index (κ3) is 6.25. The lowest BCUT2D eigenvalue weighted by atomic mass is 10.0. The first kappa shape index (κ1) is 28.0. The minimum atomic E-state index is -1.17. The molecular formula is C22H28N4O10. The average molecular weight is 508 g/mol. The number of ketones is 1. The molecule has 0 aliphatic carbocycles. The zero-order chi connectivity index (χ0) is 27.2. The van der Waals surface area contributed by atoms with E-state index >= 15 is 0 Å². The third-order valence-corrected chi connectivity index (χ3v) is 4.60. The smallest absolute Gasteiger partial charge is 0.493 e. The van der Waals surface area contributed by atoms with Crippen LogP contribution in [0.5, 0.6) is 11.5 Å². The van der Waals surface area contributed by atoms with Crippen LogP contribution >= 0.6 is 0 Å². The highest BCUT2D eigenvalue weighted by atomic mass is 16.7. The van der Waals surface area contributed by atoms with Gasteiger partial charge >= 0.3 is 12.1 Å². The number of nitrogens with zero attached hydrogens (tertiary/aromatic N) is 4. The Hall–Kier alpha value is -4.23. The number of hydrogen-bond donors (Lipinski definition) is 0. The van der Waals surface area contributed by atoms with Crippen molar-refractivity contribution in [1.82, 2.24) is 15.0 Å². The maximum Gasteiger partial charge on any atom is 0.510 e. The second-order valence-corrected chi connectivity index (χ2v) is 7.92. The van der Waals surface area contributed by atoms with Crippen LogP contribution in [0.4, 0.5) is 10.5 Å². The molecule has 0 aliphatic heterocycles. The van der Waals surface area contributed by atoms with Crippen LogP contribution in [0, 0.1) is 16.0 Å². The maximum atomic E-state index is 13.5. The molecule has 14 heteroatoms. The van der Waals surface area contributed by atoms with Crippen LogP contribution in [0.25, 0.3) is 0 Å². The van der Waals surface area contributed by atoms with Crippen molar-refractivity contribution in [2.24, 2.45) is 5.92 Å². The number of ether oxygens (including phenoxy) is 5. The summed E-state index contributed by atoms with van der Waals surface area (Å²) in [6, 6.07) is 2.12. The Morgan fingerprint density at radius 1 is 1.00 bits per heavy atom. The Kier molecular flexibility index (Phi) is 9.30. The van der Waals surface area contributed by atoms with Crippen LogP contribution in [-0.2, 0) is 14.2 Å². The number of aromatic nitrogens is 3. The van der Waals surface area contributed by atoms with Crippen molar-refractivity contribution in [2.75, 3.05) is 20.8 Å². The minimum Gasteiger partial charge on any atom is -0.493 e. The molecule has 2 aromatic rings. The van der Waals surface area contributed by atoms with Crippen molar-refractivity contribution in [3.8, 4) is 11.5 Å². The SMILES string of the molecule is CCOC(=O)c1nn(C(OC(=O)OC(C)C)C(C)C)nc1C(=O)c1cc(OC)c(OC)cc1[N+](=O)[O-]. The van der Waals surface area contributed by atoms with Crippen LogP contribution < -0.4 is 9.47 Å². The standard InChI is InChI=1S/C22H28N4O10/c1-8-34-21(28)18-17(23-25(24-18)20(11(2)3)36-22(29)35-12(4)5)19(27)13-9-15(32-6)16(33-7)10-14(13)26(30)31/h9-12,20H,8H2,1-7H3. The Morgan fingerprint density at radius 3 is 2.08 bits per heavy atom. The van der Waals surface area contributed by atoms with Crippen LogP contribution in [0.2, 0.25) is 0 Å². The normalized spacial score (nSPS) is 11.7. The summed E-state index contributed by atoms with van der Waals surface area (Å²) >= 11 is 0. The predicted octanol–water partition coefficient (Wildman–Crippen LogP) is 3.33. The molecule has 0 amide bonds. The molecule has 0 fully saturated rings. The van der Waals surface area contributed by atoms with Gasteiger partial charge in [0.25, 0.3) is 5.69 Å². The molecule has 0 saturated carbocycles. The first-order valence-corrected chi connectivity index (χ1v) is 10.9. The molecule has 1 heterocycles. The second-order valence-electron chi connectivity index (χ2n) is 7.92. The van der Waals surface area contributed by atoms with Crippen molar-refractivity contribution in [2.45, 2.75) is 47.0 Å². The largest absolute Gasteiger partial charge is 0.510 e. The van der Waals surface area contributed by atoms with E-state index < -0.39 is 63.7 Å². The van der Waals surface area contributed by atoms with Gasteiger partial charge in [-0.3, -0.25) is 14.9 Å². The minimum absolute atomic E-state index is 0.0203. The highest BCUT2D eigenvalue weighted by Gasteiger charge is 2.34. The molecule has 0 bridgehead atoms. The Labute approximate surface area is 206 Å². The molecule has 0 saturated heterocycles. The van der Waals surface area contributed by atoms with Crippen LogP contribution in [0.15, 0.2) is 12.1 Å². The summed E-state index contributed by atoms with van der Waals surface area (Å²) in [5, 5.41) is 19.8. The zero-order valence-electron chi connectivity index (χ0n) is 21.0. The van der Waals surface area contributed by atoms with E-state index in [2.05, 4.69) is 10.2 Å². The fourth-order valence-corrected chi connectivity index (χ4v) is 3.02. The number of nitro benzene ring substituents is 1. The predicted molar refractivity (Wildman–Crippen MR) is 122 cm³/mol. The number of carbonyl (C=O) groups excluding carboxylic acids is 3. The van der Waals surface area contributed by atoms with Gasteiger partial charge in [-0.2, -0.15) is 0 Å². The van der Waals surface area contributed by atoms with Gasteiger partial charge in [-0.05, 0) is 20.8 Å². The maximum absolute atomic E-state index is 13.5. The summed E-state index contributed by atoms with van der Waals surface area (Å²) in [5.41, 5.74) is -2.11. The molecule has 196 valence electrons. The Bertz CT molecular complexity index is 1140. The average Bonchev–Trinajstić information content (AvgIpc) is 3.25. The Balaban J connectivity index is 2.67. The molecule has 1 unspecified atom stereocenters. The van der Waals surface area contributed by atoms with E-state index in [0.717, 1.165) is 16.9 Å². The molecule has 0 spiro atoms. The van der Waals surface area contributed by atoms with Crippen LogP contribution in [0.1, 0.15) is 67.4 Å². The van der Waals surface area contributed by atoms with Gasteiger partial charge in [-0.15, -0.1) is 15.0 Å². The lowest BCUT2D eigenvalue weighted by Gasteiger charge is -2.20. The van der Waals surface area contributed by atoms with E-state index in [1.807, 2.05) is 0 Å². The van der Waals surface area contributed by atoms with Gasteiger partial charge in [0.05, 0.1) is 37.9 Å². The summed E-state index contributed by atoms with van der Waals surface area (Å²) in [7, 11) is 2.57. The molecule has 1 aromatic carbocycles. The van der Waals surface area contributed by atoms with E-state index in [4.69, 9.17) is 23.7 Å². The summed E-state index contributed by atoms with van der Waals surface area (Å²) in [5.74, 6) is -2.37. The van der Waals surface area contributed by atoms with Gasteiger partial charge in [0.1, 0.15) is 5.56 Å². The van der Waals surface area contributed by atoms with Crippen molar-refractivity contribution >= 4 is 23.6 Å². The molecule has 2 rings (SSSR count). The lowest BCUT2D eigenvalue weighted by molar-refractivity contribution is -0.385. The number of rotatable bonds is 11. The fraction of sp³-hybridized carbons (Fsp3) is 0.500. The highest BCUT2D eigenvalue weighted by molar-refractivity contribution is 6.14. The van der Waals surface area contributed by atoms with Gasteiger partial charge in [0.2, 0.25) is 17.7 Å². The number of esters is 1. The van der Waals surface area contributed by atoms with E-state index in [1.54, 1.807) is 34.6 Å². The molecule has 1 atom stereocenters. The quantitative estimate of drug-likeness (QED) is 0.188. The first-order valence-electron chi connectivity index (χ1n) is 10.9.